The molecule has 2 nitrogen and oxygen atoms in total. The first-order chi connectivity index (χ1) is 1.91. The SMILES string of the molecule is N#[C][Ti]=[O]. The molecule has 0 aliphatic heterocycles. The van der Waals surface area contributed by atoms with E-state index >= 15 is 0 Å². The van der Waals surface area contributed by atoms with Crippen molar-refractivity contribution in [2.75, 3.05) is 0 Å². The first-order valence-corrected chi connectivity index (χ1v) is 2.10. The van der Waals surface area contributed by atoms with Crippen LogP contribution in [0.1, 0.15) is 0 Å². The van der Waals surface area contributed by atoms with Crippen LogP contribution in [-0.2, 0) is 22.4 Å². The third kappa shape index (κ3) is 2.00. The van der Waals surface area contributed by atoms with Crippen molar-refractivity contribution >= 4 is 0 Å². The normalized spacial score (nSPS) is 2.75. The van der Waals surface area contributed by atoms with E-state index in [1.54, 1.807) is 0 Å². The monoisotopic (exact) mass is 89.9 g/mol. The van der Waals surface area contributed by atoms with Crippen molar-refractivity contribution in [3.8, 4) is 4.37 Å². The van der Waals surface area contributed by atoms with Crippen LogP contribution in [0.15, 0.2) is 0 Å². The molecule has 0 aromatic rings. The first kappa shape index (κ1) is 4.00. The molecule has 0 unspecified atom stereocenters. The van der Waals surface area contributed by atoms with Gasteiger partial charge >= 0.3 is 32.1 Å². The quantitative estimate of drug-likeness (QED) is 0.389. The van der Waals surface area contributed by atoms with Gasteiger partial charge in [0.1, 0.15) is 0 Å². The predicted molar refractivity (Wildman–Crippen MR) is 6.30 cm³/mol. The van der Waals surface area contributed by atoms with Crippen molar-refractivity contribution < 1.29 is 22.4 Å². The molecule has 0 aromatic carbocycles. The van der Waals surface area contributed by atoms with Crippen LogP contribution in [0.2, 0.25) is 0 Å². The minimum atomic E-state index is -1.43. The van der Waals surface area contributed by atoms with E-state index in [9.17, 15) is 0 Å². The maximum absolute atomic E-state index is 9.06. The van der Waals surface area contributed by atoms with Crippen molar-refractivity contribution in [1.29, 1.82) is 5.26 Å². The van der Waals surface area contributed by atoms with E-state index in [4.69, 9.17) is 8.59 Å². The summed E-state index contributed by atoms with van der Waals surface area (Å²) in [4.78, 5) is 0. The summed E-state index contributed by atoms with van der Waals surface area (Å²) >= 11 is -1.43. The van der Waals surface area contributed by atoms with E-state index in [-0.39, 0.29) is 0 Å². The van der Waals surface area contributed by atoms with Gasteiger partial charge in [-0.05, 0) is 0 Å². The van der Waals surface area contributed by atoms with Gasteiger partial charge in [0, 0.05) is 0 Å². The molecule has 0 heterocycles. The number of hydrogen-bond donors (Lipinski definition) is 0. The molecule has 0 amide bonds. The summed E-state index contributed by atoms with van der Waals surface area (Å²) in [5, 5.41) is 7.37. The van der Waals surface area contributed by atoms with Crippen molar-refractivity contribution in [2.45, 2.75) is 0 Å². The second-order valence-corrected chi connectivity index (χ2v) is 0.882. The average molecular weight is 89.9 g/mol. The van der Waals surface area contributed by atoms with E-state index in [1.807, 2.05) is 0 Å². The summed E-state index contributed by atoms with van der Waals surface area (Å²) < 4.78 is 10.6. The third-order valence-corrected chi connectivity index (χ3v) is 0.188. The summed E-state index contributed by atoms with van der Waals surface area (Å²) in [6, 6.07) is 0. The zero-order valence-corrected chi connectivity index (χ0v) is 3.42. The Balaban J connectivity index is 2.92. The van der Waals surface area contributed by atoms with Gasteiger partial charge in [0.15, 0.2) is 0 Å². The molecule has 0 N–H and O–H groups in total. The van der Waals surface area contributed by atoms with Crippen LogP contribution in [-0.4, -0.2) is 0 Å². The van der Waals surface area contributed by atoms with Gasteiger partial charge in [0.2, 0.25) is 0 Å². The van der Waals surface area contributed by atoms with Gasteiger partial charge < -0.3 is 0 Å². The van der Waals surface area contributed by atoms with Crippen molar-refractivity contribution in [2.24, 2.45) is 0 Å². The zero-order valence-electron chi connectivity index (χ0n) is 1.86. The van der Waals surface area contributed by atoms with Crippen LogP contribution in [0.25, 0.3) is 0 Å². The summed E-state index contributed by atoms with van der Waals surface area (Å²) in [6.07, 6.45) is 0. The number of nitrogens with zero attached hydrogens (tertiary/aromatic N) is 1. The minimum absolute atomic E-state index is 1.43. The summed E-state index contributed by atoms with van der Waals surface area (Å²) in [5.74, 6) is 0. The Hall–Kier alpha value is 0.00429. The topological polar surface area (TPSA) is 40.9 Å². The number of hydrogen-bond acceptors (Lipinski definition) is 2. The van der Waals surface area contributed by atoms with E-state index in [0.717, 1.165) is 0 Å². The van der Waals surface area contributed by atoms with E-state index in [1.165, 1.54) is 4.37 Å². The predicted octanol–water partition coefficient (Wildman–Crippen LogP) is -0.105. The first-order valence-electron chi connectivity index (χ1n) is 0.678. The van der Waals surface area contributed by atoms with Gasteiger partial charge in [-0.1, -0.05) is 0 Å². The molecule has 0 saturated heterocycles. The van der Waals surface area contributed by atoms with Crippen LogP contribution >= 0.6 is 0 Å². The Morgan fingerprint density at radius 1 is 2.00 bits per heavy atom. The molecule has 0 fully saturated rings. The van der Waals surface area contributed by atoms with E-state index < -0.39 is 19.1 Å². The molecule has 0 saturated carbocycles. The van der Waals surface area contributed by atoms with Crippen LogP contribution in [0.4, 0.5) is 0 Å². The molecule has 0 aromatic heterocycles. The molecule has 4 heavy (non-hydrogen) atoms. The average Bonchev–Trinajstić information content (AvgIpc) is 1.37. The van der Waals surface area contributed by atoms with Crippen LogP contribution in [0.3, 0.4) is 0 Å². The molecule has 3 heteroatoms. The number of rotatable bonds is 0. The number of nitriles is 1. The second kappa shape index (κ2) is 3.00. The molecule has 0 aliphatic carbocycles. The molecule has 0 rings (SSSR count). The van der Waals surface area contributed by atoms with Gasteiger partial charge in [0.25, 0.3) is 0 Å². The second-order valence-electron chi connectivity index (χ2n) is 0.214. The standard InChI is InChI=1S/CN.O.Ti/c1-2;;. The molecular formula is CNOTi. The molecular weight excluding hydrogens is 89.9 g/mol. The van der Waals surface area contributed by atoms with Gasteiger partial charge in [0.05, 0.1) is 0 Å². The Morgan fingerprint density at radius 2 is 2.25 bits per heavy atom. The fourth-order valence-corrected chi connectivity index (χ4v) is 0. The van der Waals surface area contributed by atoms with Crippen LogP contribution in [0.5, 0.6) is 0 Å². The fourth-order valence-electron chi connectivity index (χ4n) is 0. The Labute approximate surface area is 32.7 Å². The Morgan fingerprint density at radius 3 is 2.25 bits per heavy atom. The van der Waals surface area contributed by atoms with Gasteiger partial charge in [-0.3, -0.25) is 0 Å². The third-order valence-electron chi connectivity index (χ3n) is 0.0456. The van der Waals surface area contributed by atoms with Crippen LogP contribution < -0.4 is 0 Å². The fraction of sp³-hybridized carbons (Fsp3) is 0. The van der Waals surface area contributed by atoms with Gasteiger partial charge in [-0.2, -0.15) is 0 Å². The Bertz CT molecular complexity index is 53.5. The molecule has 0 atom stereocenters. The van der Waals surface area contributed by atoms with Crippen molar-refractivity contribution in [1.82, 2.24) is 0 Å². The molecule has 19 valence electrons. The summed E-state index contributed by atoms with van der Waals surface area (Å²) in [5.41, 5.74) is 0. The van der Waals surface area contributed by atoms with E-state index in [2.05, 4.69) is 0 Å². The summed E-state index contributed by atoms with van der Waals surface area (Å²) in [6.45, 7) is 0. The van der Waals surface area contributed by atoms with Crippen molar-refractivity contribution in [3.63, 3.8) is 0 Å². The molecule has 0 bridgehead atoms. The molecule has 0 spiro atoms. The zero-order chi connectivity index (χ0) is 3.41. The summed E-state index contributed by atoms with van der Waals surface area (Å²) in [7, 11) is 0. The van der Waals surface area contributed by atoms with Gasteiger partial charge in [-0.15, -0.1) is 0 Å². The van der Waals surface area contributed by atoms with E-state index in [0.29, 0.717) is 0 Å². The molecule has 0 aliphatic rings. The Kier molecular flexibility index (Phi) is 3.01. The van der Waals surface area contributed by atoms with Crippen molar-refractivity contribution in [3.05, 3.63) is 0 Å². The molecule has 0 radical (unpaired) electrons. The van der Waals surface area contributed by atoms with Gasteiger partial charge in [-0.25, -0.2) is 0 Å². The van der Waals surface area contributed by atoms with Crippen LogP contribution in [0, 0.1) is 9.64 Å². The maximum atomic E-state index is 9.06.